The molecule has 4 heteroatoms. The van der Waals surface area contributed by atoms with E-state index in [1.54, 1.807) is 19.2 Å². The van der Waals surface area contributed by atoms with E-state index < -0.39 is 11.7 Å². The van der Waals surface area contributed by atoms with E-state index in [1.807, 2.05) is 0 Å². The molecular weight excluding hydrogens is 221 g/mol. The minimum Gasteiger partial charge on any atom is -0.465 e. The highest BCUT2D eigenvalue weighted by atomic mass is 19.1. The maximum Gasteiger partial charge on any atom is 0.134 e. The molecule has 1 aliphatic rings. The number of hydrogen-bond donors (Lipinski definition) is 2. The van der Waals surface area contributed by atoms with Gasteiger partial charge in [-0.2, -0.15) is 7.05 Å². The molecule has 0 spiro atoms. The van der Waals surface area contributed by atoms with Crippen LogP contribution in [0.3, 0.4) is 0 Å². The minimum atomic E-state index is -0.727. The topological polar surface area (TPSA) is 33.9 Å². The van der Waals surface area contributed by atoms with Crippen LogP contribution in [0, 0.1) is 12.9 Å². The third kappa shape index (κ3) is 2.20. The van der Waals surface area contributed by atoms with E-state index in [2.05, 4.69) is 7.05 Å². The van der Waals surface area contributed by atoms with Gasteiger partial charge in [-0.05, 0) is 17.7 Å². The molecule has 1 aliphatic heterocycles. The summed E-state index contributed by atoms with van der Waals surface area (Å²) in [6.45, 7) is 1.35. The molecule has 94 valence electrons. The third-order valence-corrected chi connectivity index (χ3v) is 3.57. The fraction of sp³-hybridized carbons (Fsp3) is 0.462. The van der Waals surface area contributed by atoms with Crippen LogP contribution in [0.5, 0.6) is 0 Å². The molecule has 0 aromatic heterocycles. The van der Waals surface area contributed by atoms with Crippen LogP contribution in [0.25, 0.3) is 0 Å². The number of rotatable bonds is 2. The van der Waals surface area contributed by atoms with Gasteiger partial charge in [0, 0.05) is 13.5 Å². The lowest BCUT2D eigenvalue weighted by Crippen LogP contribution is -3.10. The Morgan fingerprint density at radius 1 is 1.47 bits per heavy atom. The van der Waals surface area contributed by atoms with Crippen molar-refractivity contribution in [3.8, 4) is 0 Å². The highest BCUT2D eigenvalue weighted by Crippen LogP contribution is 2.33. The zero-order valence-electron chi connectivity index (χ0n) is 9.95. The molecule has 2 N–H and O–H groups in total. The highest BCUT2D eigenvalue weighted by Gasteiger charge is 2.44. The Morgan fingerprint density at radius 2 is 2.12 bits per heavy atom. The Morgan fingerprint density at radius 3 is 2.65 bits per heavy atom. The van der Waals surface area contributed by atoms with Crippen molar-refractivity contribution in [1.29, 1.82) is 0 Å². The largest absolute Gasteiger partial charge is 0.465 e. The maximum absolute atomic E-state index is 12.9. The Hall–Kier alpha value is -0.970. The molecule has 1 heterocycles. The maximum atomic E-state index is 12.9. The molecule has 17 heavy (non-hydrogen) atoms. The van der Waals surface area contributed by atoms with Crippen molar-refractivity contribution >= 4 is 0 Å². The summed E-state index contributed by atoms with van der Waals surface area (Å²) in [6.07, 6.45) is 0.0500. The van der Waals surface area contributed by atoms with Gasteiger partial charge in [0.05, 0.1) is 13.1 Å². The normalized spacial score (nSPS) is 33.6. The van der Waals surface area contributed by atoms with Crippen LogP contribution in [0.1, 0.15) is 12.0 Å². The van der Waals surface area contributed by atoms with E-state index in [-0.39, 0.29) is 5.82 Å². The number of aliphatic hydroxyl groups excluding tert-OH is 1. The van der Waals surface area contributed by atoms with Gasteiger partial charge >= 0.3 is 0 Å². The lowest BCUT2D eigenvalue weighted by Gasteiger charge is -2.44. The lowest BCUT2D eigenvalue weighted by molar-refractivity contribution is -0.867. The molecule has 0 bridgehead atoms. The Balaban J connectivity index is 2.33. The molecule has 0 radical (unpaired) electrons. The number of aliphatic hydroxyl groups is 1. The fourth-order valence-electron chi connectivity index (χ4n) is 2.49. The summed E-state index contributed by atoms with van der Waals surface area (Å²) < 4.78 is 18.5. The standard InChI is InChI=1S/C13H18FNO2/c1-15-8-7-13(17-2,12(16)9-15)10-3-5-11(14)6-4-10/h3-6,12,15-16H,1,7-9H2,2H3. The predicted molar refractivity (Wildman–Crippen MR) is 61.8 cm³/mol. The van der Waals surface area contributed by atoms with Crippen LogP contribution >= 0.6 is 0 Å². The quantitative estimate of drug-likeness (QED) is 0.718. The lowest BCUT2D eigenvalue weighted by atomic mass is 9.82. The summed E-state index contributed by atoms with van der Waals surface area (Å²) in [7, 11) is 5.48. The van der Waals surface area contributed by atoms with Crippen LogP contribution in [-0.4, -0.2) is 31.4 Å². The van der Waals surface area contributed by atoms with Crippen molar-refractivity contribution in [1.82, 2.24) is 0 Å². The van der Waals surface area contributed by atoms with Gasteiger partial charge in [0.15, 0.2) is 0 Å². The number of benzene rings is 1. The summed E-state index contributed by atoms with van der Waals surface area (Å²) in [4.78, 5) is 1.03. The Kier molecular flexibility index (Phi) is 3.47. The Bertz CT molecular complexity index is 382. The van der Waals surface area contributed by atoms with E-state index in [1.165, 1.54) is 12.1 Å². The van der Waals surface area contributed by atoms with Crippen molar-refractivity contribution in [3.05, 3.63) is 42.7 Å². The van der Waals surface area contributed by atoms with Gasteiger partial charge in [-0.15, -0.1) is 0 Å². The summed E-state index contributed by atoms with van der Waals surface area (Å²) in [5, 5.41) is 10.2. The van der Waals surface area contributed by atoms with Crippen molar-refractivity contribution in [2.75, 3.05) is 20.2 Å². The summed E-state index contributed by atoms with van der Waals surface area (Å²) in [5.74, 6) is -0.283. The highest BCUT2D eigenvalue weighted by molar-refractivity contribution is 5.25. The van der Waals surface area contributed by atoms with Gasteiger partial charge in [0.2, 0.25) is 0 Å². The average Bonchev–Trinajstić information content (AvgIpc) is 2.31. The van der Waals surface area contributed by atoms with Crippen molar-refractivity contribution in [2.45, 2.75) is 18.1 Å². The van der Waals surface area contributed by atoms with Crippen LogP contribution < -0.4 is 4.90 Å². The molecule has 3 nitrogen and oxygen atoms in total. The first kappa shape index (κ1) is 12.5. The zero-order valence-corrected chi connectivity index (χ0v) is 9.95. The molecule has 3 atom stereocenters. The molecule has 3 unspecified atom stereocenters. The van der Waals surface area contributed by atoms with Gasteiger partial charge in [-0.25, -0.2) is 4.39 Å². The van der Waals surface area contributed by atoms with E-state index in [0.717, 1.165) is 17.0 Å². The van der Waals surface area contributed by atoms with Crippen molar-refractivity contribution < 1.29 is 19.1 Å². The van der Waals surface area contributed by atoms with Gasteiger partial charge in [-0.3, -0.25) is 0 Å². The summed E-state index contributed by atoms with van der Waals surface area (Å²) >= 11 is 0. The molecular formula is C13H18FNO2. The first-order valence-corrected chi connectivity index (χ1v) is 5.74. The molecule has 1 aromatic carbocycles. The summed E-state index contributed by atoms with van der Waals surface area (Å²) in [5.41, 5.74) is 0.0934. The number of ether oxygens (including phenoxy) is 1. The molecule has 1 saturated heterocycles. The monoisotopic (exact) mass is 239 g/mol. The van der Waals surface area contributed by atoms with Crippen LogP contribution in [-0.2, 0) is 10.3 Å². The number of quaternary nitrogens is 1. The molecule has 1 aromatic rings. The number of hydrogen-bond acceptors (Lipinski definition) is 2. The smallest absolute Gasteiger partial charge is 0.134 e. The van der Waals surface area contributed by atoms with E-state index in [0.29, 0.717) is 13.0 Å². The van der Waals surface area contributed by atoms with Crippen LogP contribution in [0.2, 0.25) is 0 Å². The van der Waals surface area contributed by atoms with Crippen molar-refractivity contribution in [3.63, 3.8) is 0 Å². The number of piperidine rings is 1. The van der Waals surface area contributed by atoms with Gasteiger partial charge < -0.3 is 14.7 Å². The second kappa shape index (κ2) is 4.72. The zero-order chi connectivity index (χ0) is 12.5. The van der Waals surface area contributed by atoms with Gasteiger partial charge in [0.1, 0.15) is 17.5 Å². The Labute approximate surface area is 101 Å². The first-order valence-electron chi connectivity index (χ1n) is 5.74. The fourth-order valence-corrected chi connectivity index (χ4v) is 2.49. The second-order valence-corrected chi connectivity index (χ2v) is 4.57. The van der Waals surface area contributed by atoms with Gasteiger partial charge in [-0.1, -0.05) is 12.1 Å². The third-order valence-electron chi connectivity index (χ3n) is 3.57. The molecule has 2 rings (SSSR count). The number of nitrogens with one attached hydrogen (secondary N) is 1. The van der Waals surface area contributed by atoms with E-state index in [4.69, 9.17) is 4.74 Å². The molecule has 0 amide bonds. The molecule has 1 fully saturated rings. The number of halogens is 1. The first-order chi connectivity index (χ1) is 8.08. The molecule has 0 aliphatic carbocycles. The second-order valence-electron chi connectivity index (χ2n) is 4.57. The minimum absolute atomic E-state index is 0.283. The van der Waals surface area contributed by atoms with Crippen molar-refractivity contribution in [2.24, 2.45) is 0 Å². The van der Waals surface area contributed by atoms with Gasteiger partial charge in [0.25, 0.3) is 0 Å². The predicted octanol–water partition coefficient (Wildman–Crippen LogP) is 0.108. The van der Waals surface area contributed by atoms with Crippen LogP contribution in [0.15, 0.2) is 24.3 Å². The number of methoxy groups -OCH3 is 1. The average molecular weight is 239 g/mol. The molecule has 0 saturated carbocycles. The number of likely N-dealkylation sites (tertiary alicyclic amines) is 1. The van der Waals surface area contributed by atoms with Crippen LogP contribution in [0.4, 0.5) is 4.39 Å². The van der Waals surface area contributed by atoms with E-state index >= 15 is 0 Å². The SMILES string of the molecule is [CH2-][NH+]1CCC(OC)(c2ccc(F)cc2)C(O)C1. The van der Waals surface area contributed by atoms with E-state index in [9.17, 15) is 9.50 Å². The summed E-state index contributed by atoms with van der Waals surface area (Å²) in [6, 6.07) is 6.14.